The summed E-state index contributed by atoms with van der Waals surface area (Å²) < 4.78 is 22.5. The lowest BCUT2D eigenvalue weighted by atomic mass is 10.1. The van der Waals surface area contributed by atoms with Crippen molar-refractivity contribution in [3.63, 3.8) is 0 Å². The van der Waals surface area contributed by atoms with Gasteiger partial charge in [-0.1, -0.05) is 0 Å². The molecule has 128 valence electrons. The molecule has 3 heterocycles. The number of fused-ring (bicyclic) bond motifs is 1. The minimum absolute atomic E-state index is 0.0138. The SMILES string of the molecule is CC(=O)OC[C@@H]1O[C@@H](N2NC=C(N)NC2=O)[C@H]2OC(C)(C)O[C@@H]21. The Morgan fingerprint density at radius 3 is 2.78 bits per heavy atom. The van der Waals surface area contributed by atoms with Gasteiger partial charge in [-0.05, 0) is 13.8 Å². The molecule has 4 atom stereocenters. The molecule has 0 aromatic heterocycles. The first kappa shape index (κ1) is 15.8. The van der Waals surface area contributed by atoms with Gasteiger partial charge in [-0.3, -0.25) is 15.5 Å². The molecule has 2 saturated heterocycles. The molecular weight excluding hydrogens is 308 g/mol. The zero-order valence-electron chi connectivity index (χ0n) is 13.1. The molecule has 0 aromatic carbocycles. The van der Waals surface area contributed by atoms with Crippen molar-refractivity contribution in [1.82, 2.24) is 15.8 Å². The normalized spacial score (nSPS) is 35.2. The van der Waals surface area contributed by atoms with Gasteiger partial charge < -0.3 is 24.7 Å². The van der Waals surface area contributed by atoms with Crippen LogP contribution in [0.15, 0.2) is 12.0 Å². The number of esters is 1. The molecule has 23 heavy (non-hydrogen) atoms. The smallest absolute Gasteiger partial charge is 0.344 e. The number of amides is 2. The van der Waals surface area contributed by atoms with Gasteiger partial charge in [0.25, 0.3) is 0 Å². The number of hydrazine groups is 1. The lowest BCUT2D eigenvalue weighted by molar-refractivity contribution is -0.209. The van der Waals surface area contributed by atoms with Crippen LogP contribution in [0.25, 0.3) is 0 Å². The summed E-state index contributed by atoms with van der Waals surface area (Å²) in [5, 5.41) is 3.70. The van der Waals surface area contributed by atoms with Gasteiger partial charge in [0.2, 0.25) is 0 Å². The van der Waals surface area contributed by atoms with Crippen LogP contribution in [-0.2, 0) is 23.7 Å². The zero-order valence-corrected chi connectivity index (χ0v) is 13.1. The van der Waals surface area contributed by atoms with Gasteiger partial charge in [-0.15, -0.1) is 0 Å². The van der Waals surface area contributed by atoms with E-state index < -0.39 is 42.3 Å². The van der Waals surface area contributed by atoms with E-state index in [9.17, 15) is 9.59 Å². The Kier molecular flexibility index (Phi) is 3.82. The van der Waals surface area contributed by atoms with Crippen molar-refractivity contribution in [2.75, 3.05) is 6.61 Å². The number of hydrogen-bond donors (Lipinski definition) is 3. The molecule has 3 rings (SSSR count). The number of urea groups is 1. The van der Waals surface area contributed by atoms with Crippen molar-refractivity contribution in [1.29, 1.82) is 0 Å². The first-order valence-electron chi connectivity index (χ1n) is 7.23. The predicted molar refractivity (Wildman–Crippen MR) is 74.9 cm³/mol. The van der Waals surface area contributed by atoms with Crippen LogP contribution in [0.1, 0.15) is 20.8 Å². The highest BCUT2D eigenvalue weighted by Gasteiger charge is 2.58. The third-order valence-electron chi connectivity index (χ3n) is 3.66. The maximum Gasteiger partial charge on any atom is 0.344 e. The van der Waals surface area contributed by atoms with Crippen LogP contribution in [0, 0.1) is 0 Å². The van der Waals surface area contributed by atoms with Crippen LogP contribution in [-0.4, -0.2) is 53.9 Å². The van der Waals surface area contributed by atoms with E-state index in [1.54, 1.807) is 13.8 Å². The Morgan fingerprint density at radius 2 is 2.13 bits per heavy atom. The van der Waals surface area contributed by atoms with Crippen molar-refractivity contribution in [2.45, 2.75) is 51.1 Å². The Labute approximate surface area is 132 Å². The average molecular weight is 328 g/mol. The Morgan fingerprint density at radius 1 is 1.43 bits per heavy atom. The number of rotatable bonds is 3. The number of nitrogens with zero attached hydrogens (tertiary/aromatic N) is 1. The molecule has 3 aliphatic rings. The number of carbonyl (C=O) groups is 2. The number of ether oxygens (including phenoxy) is 4. The number of nitrogens with one attached hydrogen (secondary N) is 2. The van der Waals surface area contributed by atoms with E-state index in [4.69, 9.17) is 24.7 Å². The summed E-state index contributed by atoms with van der Waals surface area (Å²) >= 11 is 0. The van der Waals surface area contributed by atoms with Crippen LogP contribution >= 0.6 is 0 Å². The van der Waals surface area contributed by atoms with E-state index in [1.165, 1.54) is 18.1 Å². The second-order valence-corrected chi connectivity index (χ2v) is 5.96. The summed E-state index contributed by atoms with van der Waals surface area (Å²) in [4.78, 5) is 23.1. The molecule has 0 spiro atoms. The predicted octanol–water partition coefficient (Wildman–Crippen LogP) is -0.918. The number of hydrogen-bond acceptors (Lipinski definition) is 8. The first-order valence-corrected chi connectivity index (χ1v) is 7.23. The third kappa shape index (κ3) is 3.05. The van der Waals surface area contributed by atoms with Gasteiger partial charge in [-0.2, -0.15) is 0 Å². The van der Waals surface area contributed by atoms with E-state index in [2.05, 4.69) is 10.7 Å². The second-order valence-electron chi connectivity index (χ2n) is 5.96. The Bertz CT molecular complexity index is 551. The molecule has 2 fully saturated rings. The lowest BCUT2D eigenvalue weighted by Gasteiger charge is -2.34. The second kappa shape index (κ2) is 5.55. The first-order chi connectivity index (χ1) is 10.8. The molecule has 0 aromatic rings. The highest BCUT2D eigenvalue weighted by Crippen LogP contribution is 2.39. The third-order valence-corrected chi connectivity index (χ3v) is 3.66. The fourth-order valence-corrected chi connectivity index (χ4v) is 2.81. The van der Waals surface area contributed by atoms with Crippen LogP contribution in [0.3, 0.4) is 0 Å². The highest BCUT2D eigenvalue weighted by atomic mass is 16.8. The van der Waals surface area contributed by atoms with E-state index in [-0.39, 0.29) is 12.4 Å². The standard InChI is InChI=1S/C13H20N4O6/c1-6(18)20-5-7-9-10(23-13(2,3)22-9)11(21-7)17-12(19)16-8(14)4-15-17/h4,7,9-11,15H,5,14H2,1-3H3,(H,16,19)/t7-,9+,10-,11+/m0/s1. The van der Waals surface area contributed by atoms with Crippen molar-refractivity contribution < 1.29 is 28.5 Å². The molecule has 10 nitrogen and oxygen atoms in total. The van der Waals surface area contributed by atoms with Crippen molar-refractivity contribution in [3.05, 3.63) is 12.0 Å². The van der Waals surface area contributed by atoms with Crippen molar-refractivity contribution in [2.24, 2.45) is 5.73 Å². The Balaban J connectivity index is 1.78. The van der Waals surface area contributed by atoms with Gasteiger partial charge in [-0.25, -0.2) is 9.80 Å². The van der Waals surface area contributed by atoms with E-state index in [1.807, 2.05) is 0 Å². The van der Waals surface area contributed by atoms with Gasteiger partial charge in [0, 0.05) is 6.92 Å². The fraction of sp³-hybridized carbons (Fsp3) is 0.692. The van der Waals surface area contributed by atoms with Crippen LogP contribution in [0.2, 0.25) is 0 Å². The van der Waals surface area contributed by atoms with Gasteiger partial charge >= 0.3 is 12.0 Å². The number of carbonyl (C=O) groups excluding carboxylic acids is 2. The molecule has 0 unspecified atom stereocenters. The van der Waals surface area contributed by atoms with Gasteiger partial charge in [0.05, 0.1) is 6.20 Å². The van der Waals surface area contributed by atoms with Crippen LogP contribution in [0.4, 0.5) is 4.79 Å². The molecule has 0 saturated carbocycles. The van der Waals surface area contributed by atoms with Crippen molar-refractivity contribution >= 4 is 12.0 Å². The molecule has 4 N–H and O–H groups in total. The summed E-state index contributed by atoms with van der Waals surface area (Å²) in [6.45, 7) is 4.87. The molecular formula is C13H20N4O6. The summed E-state index contributed by atoms with van der Waals surface area (Å²) in [5.74, 6) is -1.05. The molecule has 0 radical (unpaired) electrons. The van der Waals surface area contributed by atoms with E-state index >= 15 is 0 Å². The largest absolute Gasteiger partial charge is 0.463 e. The zero-order chi connectivity index (χ0) is 16.8. The molecule has 2 amide bonds. The molecule has 0 aliphatic carbocycles. The Hall–Kier alpha value is -2.04. The quantitative estimate of drug-likeness (QED) is 0.568. The molecule has 3 aliphatic heterocycles. The topological polar surface area (TPSA) is 124 Å². The average Bonchev–Trinajstić information content (AvgIpc) is 2.90. The maximum atomic E-state index is 12.1. The maximum absolute atomic E-state index is 12.1. The van der Waals surface area contributed by atoms with Gasteiger partial charge in [0.1, 0.15) is 30.7 Å². The minimum atomic E-state index is -0.826. The van der Waals surface area contributed by atoms with E-state index in [0.29, 0.717) is 0 Å². The van der Waals surface area contributed by atoms with Crippen molar-refractivity contribution in [3.8, 4) is 0 Å². The summed E-state index contributed by atoms with van der Waals surface area (Å²) in [7, 11) is 0. The van der Waals surface area contributed by atoms with Crippen LogP contribution < -0.4 is 16.5 Å². The summed E-state index contributed by atoms with van der Waals surface area (Å²) in [5.41, 5.74) is 8.28. The molecule has 10 heteroatoms. The summed E-state index contributed by atoms with van der Waals surface area (Å²) in [6.07, 6.45) is -0.871. The monoisotopic (exact) mass is 328 g/mol. The van der Waals surface area contributed by atoms with E-state index in [0.717, 1.165) is 0 Å². The van der Waals surface area contributed by atoms with Crippen LogP contribution in [0.5, 0.6) is 0 Å². The summed E-state index contributed by atoms with van der Waals surface area (Å²) in [6, 6.07) is -0.477. The van der Waals surface area contributed by atoms with Gasteiger partial charge in [0.15, 0.2) is 12.0 Å². The molecule has 0 bridgehead atoms. The lowest BCUT2D eigenvalue weighted by Crippen LogP contribution is -2.59. The minimum Gasteiger partial charge on any atom is -0.463 e. The number of nitrogens with two attached hydrogens (primary N) is 1. The highest BCUT2D eigenvalue weighted by molar-refractivity contribution is 5.76. The fourth-order valence-electron chi connectivity index (χ4n) is 2.81.